The lowest BCUT2D eigenvalue weighted by Gasteiger charge is -2.30. The van der Waals surface area contributed by atoms with Gasteiger partial charge in [0, 0.05) is 4.90 Å². The third kappa shape index (κ3) is 4.08. The third-order valence-electron chi connectivity index (χ3n) is 4.57. The van der Waals surface area contributed by atoms with E-state index in [4.69, 9.17) is 16.6 Å². The van der Waals surface area contributed by atoms with E-state index in [1.807, 2.05) is 67.6 Å². The maximum absolute atomic E-state index is 13.2. The molecule has 1 aliphatic heterocycles. The van der Waals surface area contributed by atoms with Crippen LogP contribution in [0.3, 0.4) is 0 Å². The number of hydrogen-bond acceptors (Lipinski definition) is 5. The molecule has 0 spiro atoms. The number of anilines is 1. The van der Waals surface area contributed by atoms with E-state index in [-0.39, 0.29) is 10.7 Å². The van der Waals surface area contributed by atoms with Crippen molar-refractivity contribution >= 4 is 52.7 Å². The van der Waals surface area contributed by atoms with Gasteiger partial charge >= 0.3 is 0 Å². The molecule has 1 N–H and O–H groups in total. The summed E-state index contributed by atoms with van der Waals surface area (Å²) in [4.78, 5) is 28.1. The molecule has 30 heavy (non-hydrogen) atoms. The zero-order valence-corrected chi connectivity index (χ0v) is 17.8. The Morgan fingerprint density at radius 3 is 2.53 bits per heavy atom. The number of para-hydroxylation sites is 1. The Morgan fingerprint density at radius 2 is 1.77 bits per heavy atom. The summed E-state index contributed by atoms with van der Waals surface area (Å²) >= 11 is 6.75. The van der Waals surface area contributed by atoms with Crippen LogP contribution in [0.4, 0.5) is 5.69 Å². The highest BCUT2D eigenvalue weighted by atomic mass is 32.2. The van der Waals surface area contributed by atoms with Crippen molar-refractivity contribution in [3.8, 4) is 0 Å². The number of nitrogens with zero attached hydrogens (tertiary/aromatic N) is 1. The third-order valence-corrected chi connectivity index (χ3v) is 5.78. The topological polar surface area (TPSA) is 62.6 Å². The number of carbonyl (C=O) groups excluding carboxylic acids is 2. The highest BCUT2D eigenvalue weighted by Crippen LogP contribution is 2.30. The second-order valence-electron chi connectivity index (χ2n) is 6.51. The molecule has 2 heterocycles. The first-order valence-corrected chi connectivity index (χ1v) is 10.6. The van der Waals surface area contributed by atoms with Gasteiger partial charge in [-0.1, -0.05) is 55.1 Å². The first kappa shape index (κ1) is 20.1. The zero-order chi connectivity index (χ0) is 21.1. The van der Waals surface area contributed by atoms with Crippen LogP contribution >= 0.6 is 24.0 Å². The van der Waals surface area contributed by atoms with Crippen LogP contribution in [0.15, 0.2) is 86.7 Å². The molecule has 0 radical (unpaired) electrons. The van der Waals surface area contributed by atoms with E-state index in [1.54, 1.807) is 6.07 Å². The normalized spacial score (nSPS) is 15.6. The van der Waals surface area contributed by atoms with Gasteiger partial charge in [0.15, 0.2) is 10.2 Å². The number of benzene rings is 2. The molecule has 0 atom stereocenters. The number of furan rings is 1. The van der Waals surface area contributed by atoms with Crippen LogP contribution in [0.2, 0.25) is 0 Å². The number of rotatable bonds is 5. The molecule has 1 aliphatic rings. The Labute approximate surface area is 183 Å². The van der Waals surface area contributed by atoms with E-state index in [2.05, 4.69) is 5.32 Å². The Bertz CT molecular complexity index is 1150. The molecule has 1 aromatic heterocycles. The Hall–Kier alpha value is -3.16. The van der Waals surface area contributed by atoms with Crippen LogP contribution in [0.5, 0.6) is 0 Å². The van der Waals surface area contributed by atoms with Crippen LogP contribution in [-0.2, 0) is 16.0 Å². The molecular weight excluding hydrogens is 416 g/mol. The summed E-state index contributed by atoms with van der Waals surface area (Å²) in [7, 11) is 0. The molecule has 0 bridgehead atoms. The van der Waals surface area contributed by atoms with Gasteiger partial charge in [-0.15, -0.1) is 0 Å². The largest absolute Gasteiger partial charge is 0.450 e. The van der Waals surface area contributed by atoms with Crippen molar-refractivity contribution in [3.63, 3.8) is 0 Å². The molecule has 0 aliphatic carbocycles. The number of carbonyl (C=O) groups is 2. The molecule has 2 amide bonds. The fourth-order valence-electron chi connectivity index (χ4n) is 3.12. The van der Waals surface area contributed by atoms with Gasteiger partial charge in [0.25, 0.3) is 11.8 Å². The van der Waals surface area contributed by atoms with E-state index in [1.165, 1.54) is 22.7 Å². The van der Waals surface area contributed by atoms with Gasteiger partial charge in [-0.3, -0.25) is 19.8 Å². The van der Waals surface area contributed by atoms with E-state index in [0.717, 1.165) is 16.9 Å². The quantitative estimate of drug-likeness (QED) is 0.354. The summed E-state index contributed by atoms with van der Waals surface area (Å²) in [6.45, 7) is 2.00. The number of aryl methyl sites for hydroxylation is 1. The molecule has 2 aromatic carbocycles. The van der Waals surface area contributed by atoms with Gasteiger partial charge in [-0.2, -0.15) is 0 Å². The highest BCUT2D eigenvalue weighted by molar-refractivity contribution is 7.99. The molecule has 150 valence electrons. The van der Waals surface area contributed by atoms with Crippen LogP contribution in [0.1, 0.15) is 18.2 Å². The van der Waals surface area contributed by atoms with Crippen LogP contribution in [0.25, 0.3) is 6.08 Å². The predicted molar refractivity (Wildman–Crippen MR) is 121 cm³/mol. The van der Waals surface area contributed by atoms with Gasteiger partial charge in [-0.05, 0) is 60.6 Å². The van der Waals surface area contributed by atoms with Crippen molar-refractivity contribution in [2.45, 2.75) is 23.3 Å². The molecule has 3 aromatic rings. The van der Waals surface area contributed by atoms with Crippen molar-refractivity contribution < 1.29 is 14.0 Å². The van der Waals surface area contributed by atoms with E-state index < -0.39 is 11.8 Å². The summed E-state index contributed by atoms with van der Waals surface area (Å²) in [5.74, 6) is -0.592. The minimum atomic E-state index is -0.538. The van der Waals surface area contributed by atoms with Crippen molar-refractivity contribution in [2.75, 3.05) is 4.90 Å². The Balaban J connectivity index is 1.63. The molecule has 1 fully saturated rings. The van der Waals surface area contributed by atoms with E-state index >= 15 is 0 Å². The molecule has 5 nitrogen and oxygen atoms in total. The van der Waals surface area contributed by atoms with Gasteiger partial charge < -0.3 is 4.42 Å². The second-order valence-corrected chi connectivity index (χ2v) is 7.98. The first-order valence-electron chi connectivity index (χ1n) is 9.39. The number of amides is 2. The maximum Gasteiger partial charge on any atom is 0.270 e. The second kappa shape index (κ2) is 8.69. The average Bonchev–Trinajstić information content (AvgIpc) is 3.19. The van der Waals surface area contributed by atoms with Gasteiger partial charge in [0.1, 0.15) is 11.3 Å². The number of nitrogens with one attached hydrogen (secondary N) is 1. The van der Waals surface area contributed by atoms with Crippen LogP contribution in [-0.4, -0.2) is 16.9 Å². The monoisotopic (exact) mass is 434 g/mol. The fraction of sp³-hybridized carbons (Fsp3) is 0.0870. The maximum atomic E-state index is 13.2. The molecular formula is C23H18N2O3S2. The minimum Gasteiger partial charge on any atom is -0.450 e. The lowest BCUT2D eigenvalue weighted by atomic mass is 10.1. The van der Waals surface area contributed by atoms with Crippen molar-refractivity contribution in [1.29, 1.82) is 0 Å². The van der Waals surface area contributed by atoms with Crippen molar-refractivity contribution in [3.05, 3.63) is 83.6 Å². The molecule has 0 unspecified atom stereocenters. The van der Waals surface area contributed by atoms with Gasteiger partial charge in [0.05, 0.1) is 5.69 Å². The number of thiocarbonyl (C=S) groups is 1. The van der Waals surface area contributed by atoms with Gasteiger partial charge in [-0.25, -0.2) is 0 Å². The molecule has 4 rings (SSSR count). The summed E-state index contributed by atoms with van der Waals surface area (Å²) in [6, 6.07) is 20.8. The van der Waals surface area contributed by atoms with Crippen molar-refractivity contribution in [1.82, 2.24) is 5.32 Å². The average molecular weight is 435 g/mol. The minimum absolute atomic E-state index is 0.0277. The standard InChI is InChI=1S/C23H18N2O3S2/c1-2-15-8-6-7-11-19(15)25-22(27)18(21(26)24-23(25)29)14-16-12-13-20(28-16)30-17-9-4-3-5-10-17/h3-14H,2H2,1H3,(H,24,26,29)/b18-14+. The molecule has 7 heteroatoms. The highest BCUT2D eigenvalue weighted by Gasteiger charge is 2.35. The summed E-state index contributed by atoms with van der Waals surface area (Å²) in [5.41, 5.74) is 1.60. The van der Waals surface area contributed by atoms with Gasteiger partial charge in [0.2, 0.25) is 0 Å². The Kier molecular flexibility index (Phi) is 5.83. The predicted octanol–water partition coefficient (Wildman–Crippen LogP) is 4.82. The first-order chi connectivity index (χ1) is 14.6. The summed E-state index contributed by atoms with van der Waals surface area (Å²) < 4.78 is 5.80. The van der Waals surface area contributed by atoms with Crippen LogP contribution < -0.4 is 10.2 Å². The smallest absolute Gasteiger partial charge is 0.270 e. The SMILES string of the molecule is CCc1ccccc1N1C(=O)/C(=C/c2ccc(Sc3ccccc3)o2)C(=O)NC1=S. The molecule has 0 saturated carbocycles. The van der Waals surface area contributed by atoms with Crippen LogP contribution in [0, 0.1) is 0 Å². The fourth-order valence-corrected chi connectivity index (χ4v) is 4.19. The summed E-state index contributed by atoms with van der Waals surface area (Å²) in [6.07, 6.45) is 2.18. The lowest BCUT2D eigenvalue weighted by molar-refractivity contribution is -0.122. The zero-order valence-electron chi connectivity index (χ0n) is 16.1. The Morgan fingerprint density at radius 1 is 1.03 bits per heavy atom. The number of hydrogen-bond donors (Lipinski definition) is 1. The lowest BCUT2D eigenvalue weighted by Crippen LogP contribution is -2.54. The summed E-state index contributed by atoms with van der Waals surface area (Å²) in [5, 5.41) is 3.35. The van der Waals surface area contributed by atoms with E-state index in [0.29, 0.717) is 16.5 Å². The van der Waals surface area contributed by atoms with Crippen molar-refractivity contribution in [2.24, 2.45) is 0 Å². The van der Waals surface area contributed by atoms with E-state index in [9.17, 15) is 9.59 Å². The molecule has 1 saturated heterocycles.